The summed E-state index contributed by atoms with van der Waals surface area (Å²) < 4.78 is 0. The van der Waals surface area contributed by atoms with E-state index in [1.54, 1.807) is 0 Å². The normalized spacial score (nSPS) is 18.2. The van der Waals surface area contributed by atoms with E-state index in [0.717, 1.165) is 6.54 Å². The van der Waals surface area contributed by atoms with Gasteiger partial charge in [-0.15, -0.1) is 0 Å². The Labute approximate surface area is 111 Å². The highest BCUT2D eigenvalue weighted by Gasteiger charge is 2.12. The zero-order valence-corrected chi connectivity index (χ0v) is 11.9. The van der Waals surface area contributed by atoms with Crippen LogP contribution in [0, 0.1) is 5.92 Å². The fourth-order valence-electron chi connectivity index (χ4n) is 2.39. The molecule has 1 heterocycles. The Morgan fingerprint density at radius 3 is 2.56 bits per heavy atom. The fourth-order valence-corrected chi connectivity index (χ4v) is 2.39. The molecule has 2 nitrogen and oxygen atoms in total. The average Bonchev–Trinajstić information content (AvgIpc) is 2.82. The third kappa shape index (κ3) is 3.74. The molecular weight excluding hydrogens is 220 g/mol. The lowest BCUT2D eigenvalue weighted by atomic mass is 10.1. The molecule has 1 unspecified atom stereocenters. The Kier molecular flexibility index (Phi) is 4.65. The molecule has 100 valence electrons. The lowest BCUT2D eigenvalue weighted by molar-refractivity contribution is 0.331. The average molecular weight is 246 g/mol. The molecule has 1 aliphatic heterocycles. The maximum atomic E-state index is 3.59. The summed E-state index contributed by atoms with van der Waals surface area (Å²) >= 11 is 0. The number of hydrogen-bond acceptors (Lipinski definition) is 2. The van der Waals surface area contributed by atoms with Crippen LogP contribution in [0.25, 0.3) is 0 Å². The highest BCUT2D eigenvalue weighted by molar-refractivity contribution is 5.46. The summed E-state index contributed by atoms with van der Waals surface area (Å²) in [5.41, 5.74) is 2.69. The van der Waals surface area contributed by atoms with E-state index in [1.807, 2.05) is 0 Å². The molecule has 1 aromatic rings. The molecule has 0 aromatic heterocycles. The van der Waals surface area contributed by atoms with Crippen molar-refractivity contribution in [2.24, 2.45) is 5.92 Å². The quantitative estimate of drug-likeness (QED) is 0.851. The van der Waals surface area contributed by atoms with Gasteiger partial charge in [0.25, 0.3) is 0 Å². The lowest BCUT2D eigenvalue weighted by Gasteiger charge is -2.20. The molecule has 0 amide bonds. The smallest absolute Gasteiger partial charge is 0.0345 e. The summed E-state index contributed by atoms with van der Waals surface area (Å²) in [6.45, 7) is 10.4. The van der Waals surface area contributed by atoms with Crippen LogP contribution in [0.5, 0.6) is 0 Å². The van der Waals surface area contributed by atoms with Gasteiger partial charge in [-0.3, -0.25) is 4.90 Å². The van der Waals surface area contributed by atoms with Crippen molar-refractivity contribution in [3.8, 4) is 0 Å². The minimum atomic E-state index is 0.520. The number of likely N-dealkylation sites (tertiary alicyclic amines) is 1. The van der Waals surface area contributed by atoms with E-state index in [2.05, 4.69) is 55.3 Å². The summed E-state index contributed by atoms with van der Waals surface area (Å²) in [6, 6.07) is 9.40. The number of nitrogens with one attached hydrogen (secondary N) is 1. The zero-order valence-electron chi connectivity index (χ0n) is 11.9. The van der Waals surface area contributed by atoms with Crippen molar-refractivity contribution >= 4 is 5.69 Å². The van der Waals surface area contributed by atoms with Crippen LogP contribution < -0.4 is 5.32 Å². The first-order chi connectivity index (χ1) is 8.65. The van der Waals surface area contributed by atoms with Crippen molar-refractivity contribution in [2.45, 2.75) is 46.2 Å². The third-order valence-corrected chi connectivity index (χ3v) is 3.93. The molecule has 1 fully saturated rings. The molecule has 1 atom stereocenters. The Morgan fingerprint density at radius 2 is 1.89 bits per heavy atom. The first kappa shape index (κ1) is 13.4. The van der Waals surface area contributed by atoms with Crippen LogP contribution in [0.1, 0.15) is 39.2 Å². The van der Waals surface area contributed by atoms with Crippen LogP contribution in [0.15, 0.2) is 24.3 Å². The van der Waals surface area contributed by atoms with Crippen molar-refractivity contribution in [3.05, 3.63) is 29.8 Å². The summed E-state index contributed by atoms with van der Waals surface area (Å²) in [6.07, 6.45) is 2.73. The zero-order chi connectivity index (χ0) is 13.0. The van der Waals surface area contributed by atoms with Gasteiger partial charge < -0.3 is 5.32 Å². The number of rotatable bonds is 5. The fraction of sp³-hybridized carbons (Fsp3) is 0.625. The Hall–Kier alpha value is -1.02. The van der Waals surface area contributed by atoms with Crippen LogP contribution >= 0.6 is 0 Å². The van der Waals surface area contributed by atoms with Gasteiger partial charge in [0, 0.05) is 18.3 Å². The van der Waals surface area contributed by atoms with E-state index in [9.17, 15) is 0 Å². The lowest BCUT2D eigenvalue weighted by Crippen LogP contribution is -2.22. The van der Waals surface area contributed by atoms with Crippen molar-refractivity contribution in [1.82, 2.24) is 4.90 Å². The molecule has 1 N–H and O–H groups in total. The van der Waals surface area contributed by atoms with Gasteiger partial charge in [0.05, 0.1) is 0 Å². The predicted octanol–water partition coefficient (Wildman–Crippen LogP) is 3.74. The molecule has 0 bridgehead atoms. The number of benzene rings is 1. The molecule has 1 aromatic carbocycles. The van der Waals surface area contributed by atoms with Gasteiger partial charge in [-0.1, -0.05) is 26.0 Å². The van der Waals surface area contributed by atoms with Crippen molar-refractivity contribution in [3.63, 3.8) is 0 Å². The van der Waals surface area contributed by atoms with E-state index in [0.29, 0.717) is 12.0 Å². The van der Waals surface area contributed by atoms with Crippen LogP contribution in [-0.4, -0.2) is 24.0 Å². The molecule has 18 heavy (non-hydrogen) atoms. The predicted molar refractivity (Wildman–Crippen MR) is 78.9 cm³/mol. The van der Waals surface area contributed by atoms with E-state index >= 15 is 0 Å². The highest BCUT2D eigenvalue weighted by atomic mass is 15.1. The van der Waals surface area contributed by atoms with Crippen molar-refractivity contribution in [1.29, 1.82) is 0 Å². The largest absolute Gasteiger partial charge is 0.382 e. The second-order valence-corrected chi connectivity index (χ2v) is 5.86. The van der Waals surface area contributed by atoms with Gasteiger partial charge in [-0.25, -0.2) is 0 Å². The molecular formula is C16H26N2. The molecule has 1 aliphatic rings. The highest BCUT2D eigenvalue weighted by Crippen LogP contribution is 2.17. The maximum Gasteiger partial charge on any atom is 0.0345 e. The Morgan fingerprint density at radius 1 is 1.17 bits per heavy atom. The second-order valence-electron chi connectivity index (χ2n) is 5.86. The molecule has 2 heteroatoms. The van der Waals surface area contributed by atoms with Crippen LogP contribution in [0.4, 0.5) is 5.69 Å². The van der Waals surface area contributed by atoms with E-state index in [4.69, 9.17) is 0 Å². The molecule has 0 spiro atoms. The summed E-state index contributed by atoms with van der Waals surface area (Å²) in [5.74, 6) is 0.659. The summed E-state index contributed by atoms with van der Waals surface area (Å²) in [7, 11) is 0. The van der Waals surface area contributed by atoms with Crippen molar-refractivity contribution < 1.29 is 0 Å². The molecule has 0 saturated carbocycles. The van der Waals surface area contributed by atoms with Crippen LogP contribution in [-0.2, 0) is 6.54 Å². The summed E-state index contributed by atoms with van der Waals surface area (Å²) in [5, 5.41) is 3.59. The minimum absolute atomic E-state index is 0.520. The van der Waals surface area contributed by atoms with Gasteiger partial charge in [0.1, 0.15) is 0 Å². The topological polar surface area (TPSA) is 15.3 Å². The molecule has 2 rings (SSSR count). The van der Waals surface area contributed by atoms with Gasteiger partial charge in [0.2, 0.25) is 0 Å². The van der Waals surface area contributed by atoms with Gasteiger partial charge in [-0.2, -0.15) is 0 Å². The Balaban J connectivity index is 1.96. The first-order valence-corrected chi connectivity index (χ1v) is 7.23. The van der Waals surface area contributed by atoms with E-state index in [-0.39, 0.29) is 0 Å². The SMILES string of the molecule is CC(C)C(C)Nc1cccc(CN2CCCC2)c1. The van der Waals surface area contributed by atoms with Gasteiger partial charge in [-0.05, 0) is 56.5 Å². The van der Waals surface area contributed by atoms with Crippen LogP contribution in [0.3, 0.4) is 0 Å². The molecule has 0 radical (unpaired) electrons. The van der Waals surface area contributed by atoms with E-state index in [1.165, 1.54) is 37.2 Å². The summed E-state index contributed by atoms with van der Waals surface area (Å²) in [4.78, 5) is 2.55. The van der Waals surface area contributed by atoms with Gasteiger partial charge >= 0.3 is 0 Å². The second kappa shape index (κ2) is 6.24. The van der Waals surface area contributed by atoms with E-state index < -0.39 is 0 Å². The van der Waals surface area contributed by atoms with Crippen molar-refractivity contribution in [2.75, 3.05) is 18.4 Å². The standard InChI is InChI=1S/C16H26N2/c1-13(2)14(3)17-16-8-6-7-15(11-16)12-18-9-4-5-10-18/h6-8,11,13-14,17H,4-5,9-10,12H2,1-3H3. The molecule has 0 aliphatic carbocycles. The van der Waals surface area contributed by atoms with Gasteiger partial charge in [0.15, 0.2) is 0 Å². The minimum Gasteiger partial charge on any atom is -0.382 e. The first-order valence-electron chi connectivity index (χ1n) is 7.23. The maximum absolute atomic E-state index is 3.59. The monoisotopic (exact) mass is 246 g/mol. The number of nitrogens with zero attached hydrogens (tertiary/aromatic N) is 1. The number of hydrogen-bond donors (Lipinski definition) is 1. The Bertz CT molecular complexity index is 348. The third-order valence-electron chi connectivity index (χ3n) is 3.93. The molecule has 1 saturated heterocycles. The van der Waals surface area contributed by atoms with Crippen LogP contribution in [0.2, 0.25) is 0 Å². The number of anilines is 1.